The van der Waals surface area contributed by atoms with Crippen molar-refractivity contribution in [2.24, 2.45) is 0 Å². The normalized spacial score (nSPS) is 24.8. The highest BCUT2D eigenvalue weighted by molar-refractivity contribution is 8.01. The number of ether oxygens (including phenoxy) is 1. The smallest absolute Gasteiger partial charge is 0.123 e. The quantitative estimate of drug-likeness (QED) is 0.755. The first kappa shape index (κ1) is 10.9. The molecular weight excluding hydrogens is 204 g/mol. The SMILES string of the molecule is COc1cc(C)cc(C)c1C1(C)CCS1. The molecule has 1 fully saturated rings. The van der Waals surface area contributed by atoms with Crippen molar-refractivity contribution in [2.45, 2.75) is 31.9 Å². The first-order chi connectivity index (χ1) is 7.07. The van der Waals surface area contributed by atoms with Gasteiger partial charge in [0.2, 0.25) is 0 Å². The fraction of sp³-hybridized carbons (Fsp3) is 0.538. The van der Waals surface area contributed by atoms with E-state index in [0.717, 1.165) is 5.75 Å². The van der Waals surface area contributed by atoms with Gasteiger partial charge in [-0.05, 0) is 50.1 Å². The van der Waals surface area contributed by atoms with Crippen LogP contribution in [0.5, 0.6) is 5.75 Å². The summed E-state index contributed by atoms with van der Waals surface area (Å²) < 4.78 is 5.80. The molecule has 0 aromatic heterocycles. The van der Waals surface area contributed by atoms with E-state index in [2.05, 4.69) is 32.9 Å². The van der Waals surface area contributed by atoms with Crippen molar-refractivity contribution in [2.75, 3.05) is 12.9 Å². The number of benzene rings is 1. The molecule has 1 heterocycles. The lowest BCUT2D eigenvalue weighted by Gasteiger charge is -2.40. The number of aryl methyl sites for hydroxylation is 2. The molecular formula is C13H18OS. The lowest BCUT2D eigenvalue weighted by molar-refractivity contribution is 0.400. The van der Waals surface area contributed by atoms with Gasteiger partial charge in [-0.1, -0.05) is 6.07 Å². The van der Waals surface area contributed by atoms with Crippen LogP contribution in [0.4, 0.5) is 0 Å². The summed E-state index contributed by atoms with van der Waals surface area (Å²) in [5, 5.41) is 0. The van der Waals surface area contributed by atoms with E-state index in [1.807, 2.05) is 11.8 Å². The van der Waals surface area contributed by atoms with Crippen molar-refractivity contribution in [3.63, 3.8) is 0 Å². The predicted molar refractivity (Wildman–Crippen MR) is 66.9 cm³/mol. The van der Waals surface area contributed by atoms with Crippen LogP contribution in [0.15, 0.2) is 12.1 Å². The van der Waals surface area contributed by atoms with Crippen LogP contribution >= 0.6 is 11.8 Å². The first-order valence-corrected chi connectivity index (χ1v) is 6.35. The van der Waals surface area contributed by atoms with Gasteiger partial charge < -0.3 is 4.74 Å². The van der Waals surface area contributed by atoms with Gasteiger partial charge in [-0.2, -0.15) is 11.8 Å². The second-order valence-corrected chi connectivity index (χ2v) is 6.09. The molecule has 0 radical (unpaired) electrons. The summed E-state index contributed by atoms with van der Waals surface area (Å²) in [5.41, 5.74) is 4.04. The Morgan fingerprint density at radius 1 is 1.33 bits per heavy atom. The molecule has 0 aliphatic carbocycles. The van der Waals surface area contributed by atoms with Crippen LogP contribution in [0.2, 0.25) is 0 Å². The van der Waals surface area contributed by atoms with Crippen molar-refractivity contribution in [3.05, 3.63) is 28.8 Å². The highest BCUT2D eigenvalue weighted by Crippen LogP contribution is 2.52. The third kappa shape index (κ3) is 1.76. The van der Waals surface area contributed by atoms with Crippen LogP contribution in [0.25, 0.3) is 0 Å². The van der Waals surface area contributed by atoms with E-state index in [4.69, 9.17) is 4.74 Å². The van der Waals surface area contributed by atoms with Crippen LogP contribution < -0.4 is 4.74 Å². The predicted octanol–water partition coefficient (Wildman–Crippen LogP) is 3.66. The van der Waals surface area contributed by atoms with Crippen molar-refractivity contribution in [3.8, 4) is 5.75 Å². The fourth-order valence-electron chi connectivity index (χ4n) is 2.37. The van der Waals surface area contributed by atoms with Gasteiger partial charge in [0.1, 0.15) is 5.75 Å². The van der Waals surface area contributed by atoms with Crippen molar-refractivity contribution in [1.82, 2.24) is 0 Å². The molecule has 1 unspecified atom stereocenters. The lowest BCUT2D eigenvalue weighted by Crippen LogP contribution is -2.29. The molecule has 1 aromatic rings. The van der Waals surface area contributed by atoms with E-state index in [9.17, 15) is 0 Å². The number of methoxy groups -OCH3 is 1. The number of hydrogen-bond acceptors (Lipinski definition) is 2. The molecule has 1 aliphatic heterocycles. The Kier molecular flexibility index (Phi) is 2.72. The van der Waals surface area contributed by atoms with Crippen LogP contribution in [0, 0.1) is 13.8 Å². The molecule has 0 N–H and O–H groups in total. The molecule has 1 aromatic carbocycles. The minimum atomic E-state index is 0.281. The highest BCUT2D eigenvalue weighted by Gasteiger charge is 2.38. The Balaban J connectivity index is 2.53. The standard InChI is InChI=1S/C13H18OS/c1-9-7-10(2)12(11(8-9)14-4)13(3)5-6-15-13/h7-8H,5-6H2,1-4H3. The highest BCUT2D eigenvalue weighted by atomic mass is 32.2. The Morgan fingerprint density at radius 3 is 2.47 bits per heavy atom. The summed E-state index contributed by atoms with van der Waals surface area (Å²) in [6, 6.07) is 4.40. The van der Waals surface area contributed by atoms with E-state index in [1.54, 1.807) is 7.11 Å². The molecule has 82 valence electrons. The van der Waals surface area contributed by atoms with Gasteiger partial charge in [0.05, 0.1) is 7.11 Å². The number of rotatable bonds is 2. The maximum Gasteiger partial charge on any atom is 0.123 e. The van der Waals surface area contributed by atoms with Gasteiger partial charge in [0.15, 0.2) is 0 Å². The van der Waals surface area contributed by atoms with Gasteiger partial charge in [0, 0.05) is 10.3 Å². The largest absolute Gasteiger partial charge is 0.496 e. The molecule has 2 rings (SSSR count). The number of thioether (sulfide) groups is 1. The topological polar surface area (TPSA) is 9.23 Å². The van der Waals surface area contributed by atoms with Gasteiger partial charge in [0.25, 0.3) is 0 Å². The summed E-state index contributed by atoms with van der Waals surface area (Å²) in [6.07, 6.45) is 1.26. The van der Waals surface area contributed by atoms with Gasteiger partial charge in [-0.3, -0.25) is 0 Å². The van der Waals surface area contributed by atoms with Gasteiger partial charge in [-0.25, -0.2) is 0 Å². The zero-order valence-corrected chi connectivity index (χ0v) is 10.7. The zero-order chi connectivity index (χ0) is 11.1. The van der Waals surface area contributed by atoms with Gasteiger partial charge in [-0.15, -0.1) is 0 Å². The minimum Gasteiger partial charge on any atom is -0.496 e. The first-order valence-electron chi connectivity index (χ1n) is 5.36. The average Bonchev–Trinajstić information content (AvgIpc) is 2.13. The second kappa shape index (κ2) is 3.75. The summed E-state index contributed by atoms with van der Waals surface area (Å²) in [4.78, 5) is 0. The number of hydrogen-bond donors (Lipinski definition) is 0. The zero-order valence-electron chi connectivity index (χ0n) is 9.89. The molecule has 15 heavy (non-hydrogen) atoms. The molecule has 0 spiro atoms. The van der Waals surface area contributed by atoms with E-state index < -0.39 is 0 Å². The third-order valence-corrected chi connectivity index (χ3v) is 4.65. The van der Waals surface area contributed by atoms with E-state index in [1.165, 1.54) is 28.9 Å². The summed E-state index contributed by atoms with van der Waals surface area (Å²) >= 11 is 2.03. The molecule has 0 amide bonds. The fourth-order valence-corrected chi connectivity index (χ4v) is 3.60. The Labute approximate surface area is 96.2 Å². The Hall–Kier alpha value is -0.630. The van der Waals surface area contributed by atoms with Crippen molar-refractivity contribution in [1.29, 1.82) is 0 Å². The monoisotopic (exact) mass is 222 g/mol. The van der Waals surface area contributed by atoms with Gasteiger partial charge >= 0.3 is 0 Å². The van der Waals surface area contributed by atoms with Crippen LogP contribution in [0.1, 0.15) is 30.0 Å². The molecule has 1 aliphatic rings. The summed E-state index contributed by atoms with van der Waals surface area (Å²) in [6.45, 7) is 6.63. The molecule has 1 atom stereocenters. The third-order valence-electron chi connectivity index (χ3n) is 3.19. The summed E-state index contributed by atoms with van der Waals surface area (Å²) in [5.74, 6) is 2.33. The average molecular weight is 222 g/mol. The maximum atomic E-state index is 5.52. The molecule has 2 heteroatoms. The molecule has 0 bridgehead atoms. The summed E-state index contributed by atoms with van der Waals surface area (Å²) in [7, 11) is 1.77. The van der Waals surface area contributed by atoms with Crippen LogP contribution in [-0.4, -0.2) is 12.9 Å². The van der Waals surface area contributed by atoms with Crippen LogP contribution in [0.3, 0.4) is 0 Å². The van der Waals surface area contributed by atoms with E-state index >= 15 is 0 Å². The minimum absolute atomic E-state index is 0.281. The lowest BCUT2D eigenvalue weighted by atomic mass is 9.90. The van der Waals surface area contributed by atoms with E-state index in [-0.39, 0.29) is 4.75 Å². The molecule has 0 saturated carbocycles. The Morgan fingerprint density at radius 2 is 2.00 bits per heavy atom. The second-order valence-electron chi connectivity index (χ2n) is 4.49. The Bertz CT molecular complexity index is 380. The van der Waals surface area contributed by atoms with Crippen molar-refractivity contribution >= 4 is 11.8 Å². The maximum absolute atomic E-state index is 5.52. The molecule has 1 nitrogen and oxygen atoms in total. The van der Waals surface area contributed by atoms with Crippen molar-refractivity contribution < 1.29 is 4.74 Å². The molecule has 1 saturated heterocycles. The van der Waals surface area contributed by atoms with E-state index in [0.29, 0.717) is 0 Å². The van der Waals surface area contributed by atoms with Crippen LogP contribution in [-0.2, 0) is 4.75 Å².